The minimum Gasteiger partial charge on any atom is -0.366 e. The van der Waals surface area contributed by atoms with Gasteiger partial charge in [0.2, 0.25) is 0 Å². The molecule has 2 aliphatic rings. The van der Waals surface area contributed by atoms with Gasteiger partial charge < -0.3 is 10.6 Å². The minimum absolute atomic E-state index is 0. The maximum Gasteiger partial charge on any atom is 0.166 e. The minimum atomic E-state index is 0. The monoisotopic (exact) mass is 274 g/mol. The van der Waals surface area contributed by atoms with Crippen LogP contribution in [0, 0.1) is 63.8 Å². The van der Waals surface area contributed by atoms with Gasteiger partial charge in [-0.15, -0.1) is 0 Å². The standard InChI is InChI=1S/C7H9N2S.C5H5.Fe/c1-8-7(10)9-6-4-2-3-5-6;1-2-4-5-3-1;/h2-5H,1H3,(H2,8,9,10);1-5H;. The third-order valence-corrected chi connectivity index (χ3v) is 2.01. The van der Waals surface area contributed by atoms with Crippen LogP contribution in [0.4, 0.5) is 0 Å². The zero-order valence-electron chi connectivity index (χ0n) is 8.96. The molecular weight excluding hydrogens is 260 g/mol. The first-order valence-corrected chi connectivity index (χ1v) is 5.11. The van der Waals surface area contributed by atoms with Crippen molar-refractivity contribution >= 4 is 17.3 Å². The average molecular weight is 274 g/mol. The largest absolute Gasteiger partial charge is 0.366 e. The van der Waals surface area contributed by atoms with Crippen molar-refractivity contribution in [2.45, 2.75) is 0 Å². The Balaban J connectivity index is 0.000000318. The summed E-state index contributed by atoms with van der Waals surface area (Å²) in [6, 6.07) is 1.03. The van der Waals surface area contributed by atoms with Gasteiger partial charge in [-0.25, -0.2) is 0 Å². The summed E-state index contributed by atoms with van der Waals surface area (Å²) in [4.78, 5) is 0. The summed E-state index contributed by atoms with van der Waals surface area (Å²) < 4.78 is 0. The van der Waals surface area contributed by atoms with Crippen molar-refractivity contribution in [3.63, 3.8) is 0 Å². The molecule has 16 heavy (non-hydrogen) atoms. The topological polar surface area (TPSA) is 24.1 Å². The van der Waals surface area contributed by atoms with Gasteiger partial charge in [-0.3, -0.25) is 0 Å². The molecule has 0 heterocycles. The van der Waals surface area contributed by atoms with Crippen LogP contribution >= 0.6 is 12.2 Å². The number of nitrogens with one attached hydrogen (secondary N) is 2. The molecule has 2 saturated carbocycles. The van der Waals surface area contributed by atoms with Gasteiger partial charge in [0.1, 0.15) is 0 Å². The second-order valence-electron chi connectivity index (χ2n) is 2.84. The SMILES string of the molecule is CNC(=S)N[C]1[CH][CH][CH][CH]1.[CH]1[CH][CH][CH][CH]1.[Fe]. The predicted octanol–water partition coefficient (Wildman–Crippen LogP) is 1.46. The molecule has 2 rings (SSSR count). The third-order valence-electron chi connectivity index (χ3n) is 1.70. The Hall–Kier alpha value is 0.209. The fourth-order valence-electron chi connectivity index (χ4n) is 0.972. The first kappa shape index (κ1) is 16.2. The normalized spacial score (nSPS) is 19.3. The summed E-state index contributed by atoms with van der Waals surface area (Å²) in [5.74, 6) is 0. The van der Waals surface area contributed by atoms with Crippen molar-refractivity contribution < 1.29 is 17.1 Å². The van der Waals surface area contributed by atoms with Gasteiger partial charge >= 0.3 is 0 Å². The molecular formula is C12H14FeN2S. The predicted molar refractivity (Wildman–Crippen MR) is 66.7 cm³/mol. The summed E-state index contributed by atoms with van der Waals surface area (Å²) in [5, 5.41) is 6.46. The molecule has 0 amide bonds. The second kappa shape index (κ2) is 10.4. The van der Waals surface area contributed by atoms with Crippen molar-refractivity contribution in [1.82, 2.24) is 10.6 Å². The van der Waals surface area contributed by atoms with E-state index in [-0.39, 0.29) is 17.1 Å². The first-order chi connectivity index (χ1) is 7.33. The Labute approximate surface area is 116 Å². The van der Waals surface area contributed by atoms with Crippen LogP contribution in [0.1, 0.15) is 0 Å². The summed E-state index contributed by atoms with van der Waals surface area (Å²) in [6.07, 6.45) is 17.8. The Morgan fingerprint density at radius 2 is 1.38 bits per heavy atom. The van der Waals surface area contributed by atoms with Crippen LogP contribution in [0.3, 0.4) is 0 Å². The van der Waals surface area contributed by atoms with Crippen molar-refractivity contribution in [3.05, 3.63) is 63.8 Å². The molecule has 2 aliphatic carbocycles. The molecule has 2 nitrogen and oxygen atoms in total. The quantitative estimate of drug-likeness (QED) is 0.559. The summed E-state index contributed by atoms with van der Waals surface area (Å²) >= 11 is 4.88. The van der Waals surface area contributed by atoms with Crippen LogP contribution < -0.4 is 10.6 Å². The molecule has 0 unspecified atom stereocenters. The molecule has 0 aromatic carbocycles. The van der Waals surface area contributed by atoms with Gasteiger partial charge in [0.05, 0.1) is 6.04 Å². The second-order valence-corrected chi connectivity index (χ2v) is 3.25. The van der Waals surface area contributed by atoms with E-state index in [4.69, 9.17) is 12.2 Å². The van der Waals surface area contributed by atoms with Crippen LogP contribution in [-0.2, 0) is 17.1 Å². The van der Waals surface area contributed by atoms with Crippen LogP contribution in [0.15, 0.2) is 0 Å². The van der Waals surface area contributed by atoms with Crippen molar-refractivity contribution in [3.8, 4) is 0 Å². The van der Waals surface area contributed by atoms with E-state index in [0.29, 0.717) is 5.11 Å². The fourth-order valence-corrected chi connectivity index (χ4v) is 1.09. The van der Waals surface area contributed by atoms with Gasteiger partial charge in [-0.05, 0) is 70.0 Å². The summed E-state index contributed by atoms with van der Waals surface area (Å²) in [5.41, 5.74) is 0. The number of thiocarbonyl (C=S) groups is 1. The number of hydrogen-bond donors (Lipinski definition) is 2. The molecule has 0 aromatic heterocycles. The smallest absolute Gasteiger partial charge is 0.166 e. The molecule has 2 fully saturated rings. The van der Waals surface area contributed by atoms with Crippen molar-refractivity contribution in [1.29, 1.82) is 0 Å². The van der Waals surface area contributed by atoms with Gasteiger partial charge in [-0.1, -0.05) is 0 Å². The zero-order valence-corrected chi connectivity index (χ0v) is 10.9. The van der Waals surface area contributed by atoms with Gasteiger partial charge in [-0.2, -0.15) is 0 Å². The van der Waals surface area contributed by atoms with E-state index in [1.165, 1.54) is 0 Å². The van der Waals surface area contributed by atoms with E-state index in [1.54, 1.807) is 7.05 Å². The van der Waals surface area contributed by atoms with Gasteiger partial charge in [0, 0.05) is 24.1 Å². The van der Waals surface area contributed by atoms with Crippen LogP contribution in [0.2, 0.25) is 0 Å². The number of rotatable bonds is 1. The molecule has 0 bridgehead atoms. The first-order valence-electron chi connectivity index (χ1n) is 4.70. The Morgan fingerprint density at radius 1 is 0.938 bits per heavy atom. The van der Waals surface area contributed by atoms with E-state index in [1.807, 2.05) is 57.8 Å². The molecule has 0 spiro atoms. The molecule has 0 aliphatic heterocycles. The zero-order chi connectivity index (χ0) is 10.9. The number of hydrogen-bond acceptors (Lipinski definition) is 1. The molecule has 2 N–H and O–H groups in total. The fraction of sp³-hybridized carbons (Fsp3) is 0.0833. The Bertz CT molecular complexity index is 170. The molecule has 0 aromatic rings. The van der Waals surface area contributed by atoms with Crippen LogP contribution in [0.5, 0.6) is 0 Å². The van der Waals surface area contributed by atoms with Crippen LogP contribution in [0.25, 0.3) is 0 Å². The summed E-state index contributed by atoms with van der Waals surface area (Å²) in [6.45, 7) is 0. The third kappa shape index (κ3) is 7.48. The average Bonchev–Trinajstić information content (AvgIpc) is 2.92. The van der Waals surface area contributed by atoms with Crippen molar-refractivity contribution in [2.24, 2.45) is 0 Å². The van der Waals surface area contributed by atoms with Gasteiger partial charge in [0.15, 0.2) is 5.11 Å². The Morgan fingerprint density at radius 3 is 1.75 bits per heavy atom. The molecule has 86 valence electrons. The van der Waals surface area contributed by atoms with Crippen LogP contribution in [-0.4, -0.2) is 12.2 Å². The van der Waals surface area contributed by atoms with Crippen molar-refractivity contribution in [2.75, 3.05) is 7.05 Å². The Kier molecular flexibility index (Phi) is 10.5. The van der Waals surface area contributed by atoms with E-state index in [9.17, 15) is 0 Å². The van der Waals surface area contributed by atoms with Gasteiger partial charge in [0.25, 0.3) is 0 Å². The van der Waals surface area contributed by atoms with E-state index in [0.717, 1.165) is 6.04 Å². The maximum atomic E-state index is 4.88. The molecule has 0 saturated heterocycles. The molecule has 10 radical (unpaired) electrons. The maximum absolute atomic E-state index is 4.88. The van der Waals surface area contributed by atoms with E-state index < -0.39 is 0 Å². The van der Waals surface area contributed by atoms with E-state index >= 15 is 0 Å². The molecule has 4 heteroatoms. The van der Waals surface area contributed by atoms with E-state index in [2.05, 4.69) is 10.6 Å². The summed E-state index contributed by atoms with van der Waals surface area (Å²) in [7, 11) is 1.79. The molecule has 0 atom stereocenters.